The van der Waals surface area contributed by atoms with Gasteiger partial charge in [0.25, 0.3) is 0 Å². The molecule has 0 aliphatic heterocycles. The SMILES string of the molecule is CN(C)C(=O)CCCCC(=O)c1ccc2c(c1)nc(Nc1nc3ccc(Cl)cc3s1)n2C. The second kappa shape index (κ2) is 9.26. The Hall–Kier alpha value is -2.97. The van der Waals surface area contributed by atoms with E-state index in [1.165, 1.54) is 11.3 Å². The zero-order valence-electron chi connectivity index (χ0n) is 18.2. The molecule has 7 nitrogen and oxygen atoms in total. The summed E-state index contributed by atoms with van der Waals surface area (Å²) in [7, 11) is 5.40. The maximum Gasteiger partial charge on any atom is 0.222 e. The first kappa shape index (κ1) is 22.2. The number of imidazole rings is 1. The van der Waals surface area contributed by atoms with Crippen molar-refractivity contribution >= 4 is 67.0 Å². The van der Waals surface area contributed by atoms with E-state index in [1.807, 2.05) is 48.0 Å². The van der Waals surface area contributed by atoms with Crippen molar-refractivity contribution in [3.05, 3.63) is 47.0 Å². The quantitative estimate of drug-likeness (QED) is 0.275. The van der Waals surface area contributed by atoms with E-state index >= 15 is 0 Å². The van der Waals surface area contributed by atoms with E-state index < -0.39 is 0 Å². The van der Waals surface area contributed by atoms with Crippen molar-refractivity contribution in [2.45, 2.75) is 25.7 Å². The minimum atomic E-state index is 0.0624. The molecule has 0 saturated heterocycles. The monoisotopic (exact) mass is 469 g/mol. The molecule has 0 bridgehead atoms. The van der Waals surface area contributed by atoms with Gasteiger partial charge in [-0.2, -0.15) is 0 Å². The van der Waals surface area contributed by atoms with Gasteiger partial charge in [0.05, 0.1) is 21.3 Å². The lowest BCUT2D eigenvalue weighted by molar-refractivity contribution is -0.128. The van der Waals surface area contributed by atoms with Crippen molar-refractivity contribution in [3.8, 4) is 0 Å². The van der Waals surface area contributed by atoms with Gasteiger partial charge in [-0.25, -0.2) is 9.97 Å². The van der Waals surface area contributed by atoms with Crippen molar-refractivity contribution < 1.29 is 9.59 Å². The number of aromatic nitrogens is 3. The van der Waals surface area contributed by atoms with Crippen LogP contribution in [0.5, 0.6) is 0 Å². The van der Waals surface area contributed by atoms with Gasteiger partial charge in [-0.3, -0.25) is 9.59 Å². The van der Waals surface area contributed by atoms with E-state index in [4.69, 9.17) is 11.6 Å². The second-order valence-electron chi connectivity index (χ2n) is 7.87. The number of rotatable bonds is 8. The van der Waals surface area contributed by atoms with Gasteiger partial charge in [0.15, 0.2) is 10.9 Å². The van der Waals surface area contributed by atoms with Gasteiger partial charge in [0.2, 0.25) is 11.9 Å². The van der Waals surface area contributed by atoms with Gasteiger partial charge in [-0.15, -0.1) is 0 Å². The number of hydrogen-bond donors (Lipinski definition) is 1. The maximum absolute atomic E-state index is 12.6. The van der Waals surface area contributed by atoms with Crippen LogP contribution in [-0.4, -0.2) is 45.2 Å². The number of halogens is 1. The number of carbonyl (C=O) groups excluding carboxylic acids is 2. The molecule has 4 rings (SSSR count). The van der Waals surface area contributed by atoms with Gasteiger partial charge in [-0.1, -0.05) is 22.9 Å². The van der Waals surface area contributed by atoms with Crippen LogP contribution in [-0.2, 0) is 11.8 Å². The number of Topliss-reactive ketones (excluding diaryl/α,β-unsaturated/α-hetero) is 1. The van der Waals surface area contributed by atoms with Gasteiger partial charge < -0.3 is 14.8 Å². The molecule has 166 valence electrons. The molecule has 9 heteroatoms. The number of benzene rings is 2. The van der Waals surface area contributed by atoms with Crippen molar-refractivity contribution in [3.63, 3.8) is 0 Å². The average molecular weight is 470 g/mol. The van der Waals surface area contributed by atoms with Gasteiger partial charge >= 0.3 is 0 Å². The molecule has 0 spiro atoms. The highest BCUT2D eigenvalue weighted by Gasteiger charge is 2.14. The van der Waals surface area contributed by atoms with Crippen molar-refractivity contribution in [2.75, 3.05) is 19.4 Å². The smallest absolute Gasteiger partial charge is 0.222 e. The van der Waals surface area contributed by atoms with Crippen LogP contribution in [0.15, 0.2) is 36.4 Å². The third kappa shape index (κ3) is 4.76. The Kier molecular flexibility index (Phi) is 6.43. The number of nitrogens with zero attached hydrogens (tertiary/aromatic N) is 4. The molecule has 1 amide bonds. The molecular formula is C23H24ClN5O2S. The Bertz CT molecular complexity index is 1310. The summed E-state index contributed by atoms with van der Waals surface area (Å²) in [5.74, 6) is 0.799. The van der Waals surface area contributed by atoms with E-state index in [1.54, 1.807) is 19.0 Å². The predicted molar refractivity (Wildman–Crippen MR) is 130 cm³/mol. The maximum atomic E-state index is 12.6. The Morgan fingerprint density at radius 1 is 1.06 bits per heavy atom. The molecule has 2 heterocycles. The van der Waals surface area contributed by atoms with Crippen LogP contribution in [0, 0.1) is 0 Å². The lowest BCUT2D eigenvalue weighted by atomic mass is 10.0. The Labute approximate surface area is 195 Å². The minimum absolute atomic E-state index is 0.0624. The van der Waals surface area contributed by atoms with E-state index in [-0.39, 0.29) is 11.7 Å². The normalized spacial score (nSPS) is 11.2. The van der Waals surface area contributed by atoms with Crippen LogP contribution in [0.4, 0.5) is 11.1 Å². The third-order valence-electron chi connectivity index (χ3n) is 5.32. The molecule has 0 aliphatic carbocycles. The zero-order valence-corrected chi connectivity index (χ0v) is 19.8. The summed E-state index contributed by atoms with van der Waals surface area (Å²) < 4.78 is 2.94. The summed E-state index contributed by atoms with van der Waals surface area (Å²) in [5, 5.41) is 4.68. The Morgan fingerprint density at radius 3 is 2.62 bits per heavy atom. The molecule has 0 radical (unpaired) electrons. The Morgan fingerprint density at radius 2 is 1.84 bits per heavy atom. The molecule has 0 fully saturated rings. The fourth-order valence-corrected chi connectivity index (χ4v) is 4.60. The van der Waals surface area contributed by atoms with Gasteiger partial charge in [-0.05, 0) is 49.2 Å². The number of hydrogen-bond acceptors (Lipinski definition) is 6. The number of ketones is 1. The van der Waals surface area contributed by atoms with Crippen molar-refractivity contribution in [1.82, 2.24) is 19.4 Å². The fourth-order valence-electron chi connectivity index (χ4n) is 3.46. The highest BCUT2D eigenvalue weighted by atomic mass is 35.5. The van der Waals surface area contributed by atoms with Crippen molar-refractivity contribution in [2.24, 2.45) is 7.05 Å². The van der Waals surface area contributed by atoms with Crippen LogP contribution in [0.3, 0.4) is 0 Å². The third-order valence-corrected chi connectivity index (χ3v) is 6.48. The lowest BCUT2D eigenvalue weighted by Gasteiger charge is -2.09. The highest BCUT2D eigenvalue weighted by Crippen LogP contribution is 2.31. The van der Waals surface area contributed by atoms with Crippen LogP contribution < -0.4 is 5.32 Å². The highest BCUT2D eigenvalue weighted by molar-refractivity contribution is 7.22. The number of thiazole rings is 1. The predicted octanol–water partition coefficient (Wildman–Crippen LogP) is 5.41. The molecule has 1 N–H and O–H groups in total. The molecular weight excluding hydrogens is 446 g/mol. The Balaban J connectivity index is 1.46. The lowest BCUT2D eigenvalue weighted by Crippen LogP contribution is -2.21. The van der Waals surface area contributed by atoms with E-state index in [2.05, 4.69) is 15.3 Å². The summed E-state index contributed by atoms with van der Waals surface area (Å²) in [5.41, 5.74) is 3.18. The topological polar surface area (TPSA) is 80.1 Å². The summed E-state index contributed by atoms with van der Waals surface area (Å²) in [6.45, 7) is 0. The second-order valence-corrected chi connectivity index (χ2v) is 9.34. The summed E-state index contributed by atoms with van der Waals surface area (Å²) >= 11 is 7.58. The van der Waals surface area contributed by atoms with Crippen LogP contribution >= 0.6 is 22.9 Å². The van der Waals surface area contributed by atoms with Crippen molar-refractivity contribution in [1.29, 1.82) is 0 Å². The molecule has 32 heavy (non-hydrogen) atoms. The minimum Gasteiger partial charge on any atom is -0.349 e. The molecule has 0 aliphatic rings. The summed E-state index contributed by atoms with van der Waals surface area (Å²) in [6, 6.07) is 11.2. The van der Waals surface area contributed by atoms with Gasteiger partial charge in [0, 0.05) is 44.6 Å². The number of aryl methyl sites for hydroxylation is 1. The fraction of sp³-hybridized carbons (Fsp3) is 0.304. The summed E-state index contributed by atoms with van der Waals surface area (Å²) in [6.07, 6.45) is 2.27. The first-order chi connectivity index (χ1) is 15.3. The number of unbranched alkanes of at least 4 members (excludes halogenated alkanes) is 1. The van der Waals surface area contributed by atoms with Crippen LogP contribution in [0.2, 0.25) is 5.02 Å². The zero-order chi connectivity index (χ0) is 22.8. The first-order valence-corrected chi connectivity index (χ1v) is 11.5. The number of amides is 1. The molecule has 4 aromatic rings. The molecule has 0 atom stereocenters. The number of fused-ring (bicyclic) bond motifs is 2. The van der Waals surface area contributed by atoms with E-state index in [9.17, 15) is 9.59 Å². The van der Waals surface area contributed by atoms with Crippen LogP contribution in [0.25, 0.3) is 21.3 Å². The standard InChI is InChI=1S/C23H24ClN5O2S/c1-28(2)21(31)7-5-4-6-19(30)14-8-11-18-17(12-14)25-22(29(18)3)27-23-26-16-10-9-15(24)13-20(16)32-23/h8-13H,4-7H2,1-3H3,(H,25,26,27). The van der Waals surface area contributed by atoms with Crippen LogP contribution in [0.1, 0.15) is 36.0 Å². The molecule has 2 aromatic heterocycles. The molecule has 2 aromatic carbocycles. The number of carbonyl (C=O) groups is 2. The number of nitrogens with one attached hydrogen (secondary N) is 1. The van der Waals surface area contributed by atoms with E-state index in [0.29, 0.717) is 42.2 Å². The summed E-state index contributed by atoms with van der Waals surface area (Å²) in [4.78, 5) is 35.1. The first-order valence-electron chi connectivity index (χ1n) is 10.3. The molecule has 0 unspecified atom stereocenters. The van der Waals surface area contributed by atoms with Gasteiger partial charge in [0.1, 0.15) is 0 Å². The largest absolute Gasteiger partial charge is 0.349 e. The number of anilines is 2. The van der Waals surface area contributed by atoms with E-state index in [0.717, 1.165) is 26.4 Å². The molecule has 0 saturated carbocycles. The average Bonchev–Trinajstić information content (AvgIpc) is 3.30.